The van der Waals surface area contributed by atoms with Crippen LogP contribution in [0, 0.1) is 5.92 Å². The molecule has 2 aromatic heterocycles. The van der Waals surface area contributed by atoms with Crippen molar-refractivity contribution >= 4 is 22.5 Å². The van der Waals surface area contributed by atoms with Crippen LogP contribution < -0.4 is 15.1 Å². The maximum Gasteiger partial charge on any atom is 0.157 e. The minimum Gasteiger partial charge on any atom is -0.372 e. The van der Waals surface area contributed by atoms with E-state index < -0.39 is 0 Å². The summed E-state index contributed by atoms with van der Waals surface area (Å²) in [6.07, 6.45) is 9.97. The number of pyridine rings is 1. The zero-order chi connectivity index (χ0) is 21.0. The van der Waals surface area contributed by atoms with E-state index in [1.807, 2.05) is 0 Å². The molecule has 2 aliphatic heterocycles. The summed E-state index contributed by atoms with van der Waals surface area (Å²) in [5.74, 6) is 1.56. The minimum absolute atomic E-state index is 0.639. The van der Waals surface area contributed by atoms with Crippen molar-refractivity contribution < 1.29 is 0 Å². The number of anilines is 2. The Kier molecular flexibility index (Phi) is 5.98. The van der Waals surface area contributed by atoms with Gasteiger partial charge in [-0.05, 0) is 69.3 Å². The van der Waals surface area contributed by atoms with E-state index in [9.17, 15) is 0 Å². The van der Waals surface area contributed by atoms with Crippen LogP contribution in [0.1, 0.15) is 32.1 Å². The highest BCUT2D eigenvalue weighted by molar-refractivity contribution is 5.89. The van der Waals surface area contributed by atoms with Gasteiger partial charge in [0, 0.05) is 50.3 Å². The Morgan fingerprint density at radius 1 is 1.03 bits per heavy atom. The van der Waals surface area contributed by atoms with Crippen LogP contribution in [0.2, 0.25) is 0 Å². The first kappa shape index (κ1) is 20.2. The summed E-state index contributed by atoms with van der Waals surface area (Å²) < 4.78 is 0. The Bertz CT molecular complexity index is 1010. The molecule has 0 radical (unpaired) electrons. The molecule has 4 heterocycles. The molecule has 2 aliphatic rings. The Morgan fingerprint density at radius 3 is 2.61 bits per heavy atom. The van der Waals surface area contributed by atoms with Crippen LogP contribution in [-0.4, -0.2) is 54.7 Å². The lowest BCUT2D eigenvalue weighted by molar-refractivity contribution is 0.381. The minimum atomic E-state index is 0.639. The van der Waals surface area contributed by atoms with Crippen LogP contribution >= 0.6 is 0 Å². The molecule has 2 fully saturated rings. The molecule has 3 aromatic rings. The van der Waals surface area contributed by atoms with E-state index in [0.717, 1.165) is 60.8 Å². The quantitative estimate of drug-likeness (QED) is 0.675. The number of nitrogens with zero attached hydrogens (tertiary/aromatic N) is 5. The van der Waals surface area contributed by atoms with Gasteiger partial charge in [0.2, 0.25) is 0 Å². The van der Waals surface area contributed by atoms with Gasteiger partial charge < -0.3 is 15.1 Å². The van der Waals surface area contributed by atoms with Gasteiger partial charge in [-0.1, -0.05) is 12.1 Å². The van der Waals surface area contributed by atoms with Gasteiger partial charge in [0.15, 0.2) is 5.82 Å². The lowest BCUT2D eigenvalue weighted by atomic mass is 9.99. The predicted molar refractivity (Wildman–Crippen MR) is 128 cm³/mol. The van der Waals surface area contributed by atoms with E-state index >= 15 is 0 Å². The van der Waals surface area contributed by atoms with Crippen LogP contribution in [0.25, 0.3) is 22.3 Å². The molecule has 6 nitrogen and oxygen atoms in total. The van der Waals surface area contributed by atoms with Crippen LogP contribution in [0.4, 0.5) is 11.5 Å². The summed E-state index contributed by atoms with van der Waals surface area (Å²) in [5, 5.41) is 3.52. The largest absolute Gasteiger partial charge is 0.372 e. The zero-order valence-corrected chi connectivity index (χ0v) is 18.4. The van der Waals surface area contributed by atoms with Crippen LogP contribution in [0.3, 0.4) is 0 Å². The third-order valence-corrected chi connectivity index (χ3v) is 6.61. The molecular weight excluding hydrogens is 384 g/mol. The first-order chi connectivity index (χ1) is 15.3. The number of rotatable bonds is 5. The van der Waals surface area contributed by atoms with Gasteiger partial charge in [-0.3, -0.25) is 4.98 Å². The highest BCUT2D eigenvalue weighted by Gasteiger charge is 2.19. The Morgan fingerprint density at radius 2 is 1.84 bits per heavy atom. The molecule has 0 amide bonds. The van der Waals surface area contributed by atoms with Gasteiger partial charge in [-0.25, -0.2) is 9.97 Å². The molecule has 31 heavy (non-hydrogen) atoms. The molecule has 0 saturated carbocycles. The number of piperidine rings is 2. The lowest BCUT2D eigenvalue weighted by Gasteiger charge is -2.29. The van der Waals surface area contributed by atoms with Crippen molar-refractivity contribution in [2.24, 2.45) is 5.92 Å². The summed E-state index contributed by atoms with van der Waals surface area (Å²) >= 11 is 0. The van der Waals surface area contributed by atoms with Crippen molar-refractivity contribution in [2.45, 2.75) is 32.1 Å². The highest BCUT2D eigenvalue weighted by atomic mass is 15.2. The second kappa shape index (κ2) is 9.18. The standard InChI is InChI=1S/C25H32N6/c1-30(18-19-6-5-11-26-17-19)25-24-23(27-12-13-28-24)16-22(29-25)20-7-9-21(10-8-20)31-14-3-2-4-15-31/h7-10,12-13,16,19,26H,2-6,11,14-15,17-18H2,1H3. The predicted octanol–water partition coefficient (Wildman–Crippen LogP) is 4.12. The van der Waals surface area contributed by atoms with Gasteiger partial charge in [0.05, 0.1) is 11.2 Å². The Labute approximate surface area is 184 Å². The Balaban J connectivity index is 1.44. The molecule has 1 unspecified atom stereocenters. The van der Waals surface area contributed by atoms with E-state index in [1.165, 1.54) is 37.8 Å². The second-order valence-corrected chi connectivity index (χ2v) is 8.94. The molecule has 0 bridgehead atoms. The smallest absolute Gasteiger partial charge is 0.157 e. The fraction of sp³-hybridized carbons (Fsp3) is 0.480. The molecule has 0 spiro atoms. The average Bonchev–Trinajstić information content (AvgIpc) is 2.84. The van der Waals surface area contributed by atoms with Crippen molar-refractivity contribution in [2.75, 3.05) is 49.6 Å². The number of benzene rings is 1. The van der Waals surface area contributed by atoms with Crippen molar-refractivity contribution in [1.29, 1.82) is 0 Å². The molecule has 2 saturated heterocycles. The molecule has 1 atom stereocenters. The molecule has 5 rings (SSSR count). The fourth-order valence-corrected chi connectivity index (χ4v) is 4.92. The van der Waals surface area contributed by atoms with Crippen LogP contribution in [0.15, 0.2) is 42.7 Å². The molecule has 6 heteroatoms. The maximum atomic E-state index is 5.07. The number of hydrogen-bond acceptors (Lipinski definition) is 6. The van der Waals surface area contributed by atoms with Gasteiger partial charge in [0.1, 0.15) is 5.52 Å². The van der Waals surface area contributed by atoms with E-state index in [0.29, 0.717) is 5.92 Å². The van der Waals surface area contributed by atoms with Crippen molar-refractivity contribution in [1.82, 2.24) is 20.3 Å². The molecule has 0 aliphatic carbocycles. The number of nitrogens with one attached hydrogen (secondary N) is 1. The number of fused-ring (bicyclic) bond motifs is 1. The maximum absolute atomic E-state index is 5.07. The summed E-state index contributed by atoms with van der Waals surface area (Å²) in [4.78, 5) is 19.0. The molecular formula is C25H32N6. The summed E-state index contributed by atoms with van der Waals surface area (Å²) in [7, 11) is 2.13. The van der Waals surface area contributed by atoms with Gasteiger partial charge in [-0.2, -0.15) is 0 Å². The summed E-state index contributed by atoms with van der Waals surface area (Å²) in [6, 6.07) is 10.9. The summed E-state index contributed by atoms with van der Waals surface area (Å²) in [6.45, 7) is 5.51. The first-order valence-corrected chi connectivity index (χ1v) is 11.7. The summed E-state index contributed by atoms with van der Waals surface area (Å²) in [5.41, 5.74) is 5.17. The zero-order valence-electron chi connectivity index (χ0n) is 18.4. The number of aromatic nitrogens is 3. The van der Waals surface area contributed by atoms with Crippen molar-refractivity contribution in [3.05, 3.63) is 42.7 Å². The molecule has 162 valence electrons. The van der Waals surface area contributed by atoms with E-state index in [4.69, 9.17) is 4.98 Å². The van der Waals surface area contributed by atoms with E-state index in [2.05, 4.69) is 62.5 Å². The Hall–Kier alpha value is -2.73. The van der Waals surface area contributed by atoms with Gasteiger partial charge in [0.25, 0.3) is 0 Å². The average molecular weight is 417 g/mol. The van der Waals surface area contributed by atoms with Crippen LogP contribution in [0.5, 0.6) is 0 Å². The normalized spacial score (nSPS) is 19.5. The van der Waals surface area contributed by atoms with Gasteiger partial charge in [-0.15, -0.1) is 0 Å². The third kappa shape index (κ3) is 4.49. The first-order valence-electron chi connectivity index (χ1n) is 11.7. The van der Waals surface area contributed by atoms with Gasteiger partial charge >= 0.3 is 0 Å². The van der Waals surface area contributed by atoms with E-state index in [1.54, 1.807) is 12.4 Å². The lowest BCUT2D eigenvalue weighted by Crippen LogP contribution is -2.37. The second-order valence-electron chi connectivity index (χ2n) is 8.94. The highest BCUT2D eigenvalue weighted by Crippen LogP contribution is 2.30. The van der Waals surface area contributed by atoms with Crippen molar-refractivity contribution in [3.8, 4) is 11.3 Å². The van der Waals surface area contributed by atoms with Crippen LogP contribution in [-0.2, 0) is 0 Å². The number of hydrogen-bond donors (Lipinski definition) is 1. The van der Waals surface area contributed by atoms with Crippen molar-refractivity contribution in [3.63, 3.8) is 0 Å². The molecule has 1 aromatic carbocycles. The topological polar surface area (TPSA) is 57.2 Å². The fourth-order valence-electron chi connectivity index (χ4n) is 4.92. The SMILES string of the molecule is CN(CC1CCCNC1)c1nc(-c2ccc(N3CCCCC3)cc2)cc2nccnc12. The monoisotopic (exact) mass is 416 g/mol. The van der Waals surface area contributed by atoms with E-state index in [-0.39, 0.29) is 0 Å². The third-order valence-electron chi connectivity index (χ3n) is 6.61. The molecule has 1 N–H and O–H groups in total.